The normalized spacial score (nSPS) is 12.7. The molecule has 0 fully saturated rings. The lowest BCUT2D eigenvalue weighted by atomic mass is 10.1. The van der Waals surface area contributed by atoms with Crippen molar-refractivity contribution >= 4 is 115 Å². The maximum absolute atomic E-state index is 15.1. The molecule has 6 aromatic rings. The zero-order chi connectivity index (χ0) is 70.5. The Hall–Kier alpha value is -6.83. The summed E-state index contributed by atoms with van der Waals surface area (Å²) in [5.41, 5.74) is 7.29. The molecule has 1 heterocycles. The Morgan fingerprint density at radius 1 is 0.536 bits per heavy atom. The van der Waals surface area contributed by atoms with E-state index in [1.807, 2.05) is 80.5 Å². The maximum Gasteiger partial charge on any atom is 0.500 e. The molecule has 1 aromatic heterocycles. The zero-order valence-electron chi connectivity index (χ0n) is 56.0. The van der Waals surface area contributed by atoms with Crippen LogP contribution in [0, 0.1) is 0 Å². The number of urea groups is 1. The number of amides is 2. The van der Waals surface area contributed by atoms with E-state index in [0.29, 0.717) is 89.3 Å². The van der Waals surface area contributed by atoms with Crippen LogP contribution in [-0.4, -0.2) is 161 Å². The van der Waals surface area contributed by atoms with E-state index < -0.39 is 77.2 Å². The van der Waals surface area contributed by atoms with Crippen LogP contribution in [0.5, 0.6) is 6.01 Å². The van der Waals surface area contributed by atoms with E-state index in [-0.39, 0.29) is 93.5 Å². The predicted octanol–water partition coefficient (Wildman–Crippen LogP) is 11.9. The number of nitrogens with two attached hydrogens (primary N) is 1. The Morgan fingerprint density at radius 2 is 1.00 bits per heavy atom. The van der Waals surface area contributed by atoms with Gasteiger partial charge in [0.25, 0.3) is 0 Å². The Kier molecular flexibility index (Phi) is 31.4. The highest BCUT2D eigenvalue weighted by Crippen LogP contribution is 2.40. The van der Waals surface area contributed by atoms with Gasteiger partial charge >= 0.3 is 44.6 Å². The number of fused-ring (bicyclic) bond motifs is 1. The molecule has 97 heavy (non-hydrogen) atoms. The number of alkyl halides is 2. The van der Waals surface area contributed by atoms with Gasteiger partial charge in [-0.25, -0.2) is 31.1 Å². The molecule has 0 aliphatic carbocycles. The standard InChI is InChI=1S/C61H89F2N13O16S2Si3/c1-10-84-95(85-11-2,86-12-3)39-23-36-65-60(77)76(50-33-30-47(31-34-50)73-72-46-26-20-19-21-27-46)54-43-48(32-35-53(54)68-58-69-57(64)70-59(71-58)83-45-61(62,63)78)74-75-49-42-52-51(56(44-49)94(81,82)67-38-25-41-97(90-16-7,91-17-8)92-18-9)28-22-29-55(52)93(79,80)66-37-24-40-96(87-13-4,88-14-5)89-15-6/h19-22,26-35,42-44,66-67,78H,10-18,23-25,36-41,45H2,1-9H3,(H,65,77)(H3,64,68,69,70,71)/b73-72+,75-74+. The topological polar surface area (TPSA) is 363 Å². The van der Waals surface area contributed by atoms with Crippen LogP contribution in [0.2, 0.25) is 18.1 Å². The smallest absolute Gasteiger partial charge is 0.454 e. The summed E-state index contributed by atoms with van der Waals surface area (Å²) >= 11 is 0. The molecule has 29 nitrogen and oxygen atoms in total. The van der Waals surface area contributed by atoms with E-state index in [4.69, 9.17) is 55.4 Å². The van der Waals surface area contributed by atoms with E-state index in [2.05, 4.69) is 55.5 Å². The molecule has 0 bridgehead atoms. The van der Waals surface area contributed by atoms with Gasteiger partial charge in [-0.1, -0.05) is 30.3 Å². The van der Waals surface area contributed by atoms with E-state index in [1.165, 1.54) is 53.4 Å². The summed E-state index contributed by atoms with van der Waals surface area (Å²) < 4.78 is 150. The highest BCUT2D eigenvalue weighted by atomic mass is 32.2. The molecule has 0 saturated heterocycles. The molecule has 532 valence electrons. The molecule has 36 heteroatoms. The number of carbonyl (C=O) groups is 1. The Bertz CT molecular complexity index is 3700. The minimum atomic E-state index is -4.51. The van der Waals surface area contributed by atoms with Crippen molar-refractivity contribution in [3.63, 3.8) is 0 Å². The van der Waals surface area contributed by atoms with Crippen molar-refractivity contribution in [3.05, 3.63) is 103 Å². The number of hydrogen-bond donors (Lipinski definition) is 6. The van der Waals surface area contributed by atoms with Gasteiger partial charge in [0.15, 0.2) is 6.61 Å². The molecule has 6 rings (SSSR count). The molecule has 0 radical (unpaired) electrons. The molecule has 0 spiro atoms. The quantitative estimate of drug-likeness (QED) is 0.0117. The molecule has 7 N–H and O–H groups in total. The first kappa shape index (κ1) is 79.2. The van der Waals surface area contributed by atoms with Gasteiger partial charge in [0.1, 0.15) is 0 Å². The van der Waals surface area contributed by atoms with E-state index in [1.54, 1.807) is 36.4 Å². The number of benzene rings is 5. The largest absolute Gasteiger partial charge is 0.500 e. The molecular formula is C61H89F2N13O16S2Si3. The summed E-state index contributed by atoms with van der Waals surface area (Å²) in [5.74, 6) is -0.825. The molecule has 0 aliphatic rings. The van der Waals surface area contributed by atoms with Gasteiger partial charge in [-0.05, 0) is 154 Å². The Labute approximate surface area is 568 Å². The average Bonchev–Trinajstić information content (AvgIpc) is 0.760. The fraction of sp³-hybridized carbons (Fsp3) is 0.475. The summed E-state index contributed by atoms with van der Waals surface area (Å²) in [4.78, 5) is 27.8. The third-order valence-corrected chi connectivity index (χ3v) is 26.2. The highest BCUT2D eigenvalue weighted by molar-refractivity contribution is 7.90. The summed E-state index contributed by atoms with van der Waals surface area (Å²) in [5, 5.41) is 32.9. The predicted molar refractivity (Wildman–Crippen MR) is 368 cm³/mol. The van der Waals surface area contributed by atoms with Gasteiger partial charge in [-0.15, -0.1) is 0 Å². The van der Waals surface area contributed by atoms with Crippen molar-refractivity contribution in [2.75, 3.05) is 102 Å². The lowest BCUT2D eigenvalue weighted by Gasteiger charge is -2.29. The van der Waals surface area contributed by atoms with Gasteiger partial charge in [0.05, 0.1) is 49.6 Å². The number of azo groups is 2. The number of aliphatic hydroxyl groups is 1. The Balaban J connectivity index is 1.51. The van der Waals surface area contributed by atoms with Crippen LogP contribution in [-0.2, 0) is 59.9 Å². The first-order valence-corrected chi connectivity index (χ1v) is 40.8. The summed E-state index contributed by atoms with van der Waals surface area (Å²) in [6.07, 6.45) is -3.41. The number of sulfonamides is 2. The number of hydrogen-bond acceptors (Lipinski definition) is 25. The number of carbonyl (C=O) groups excluding carboxylic acids is 1. The third-order valence-electron chi connectivity index (χ3n) is 13.7. The molecule has 5 aromatic carbocycles. The van der Waals surface area contributed by atoms with Crippen molar-refractivity contribution in [3.8, 4) is 6.01 Å². The van der Waals surface area contributed by atoms with Crippen molar-refractivity contribution < 1.29 is 80.1 Å². The molecule has 0 aliphatic heterocycles. The number of ether oxygens (including phenoxy) is 1. The number of halogens is 2. The van der Waals surface area contributed by atoms with Gasteiger partial charge in [-0.2, -0.15) is 44.2 Å². The number of anilines is 5. The van der Waals surface area contributed by atoms with Crippen LogP contribution < -0.4 is 35.4 Å². The van der Waals surface area contributed by atoms with Crippen molar-refractivity contribution in [2.24, 2.45) is 20.5 Å². The fourth-order valence-corrected chi connectivity index (χ4v) is 20.4. The molecule has 0 atom stereocenters. The third kappa shape index (κ3) is 24.0. The lowest BCUT2D eigenvalue weighted by molar-refractivity contribution is -0.217. The first-order chi connectivity index (χ1) is 46.5. The summed E-state index contributed by atoms with van der Waals surface area (Å²) in [6.45, 7) is 17.7. The number of nitrogen functional groups attached to an aromatic ring is 1. The lowest BCUT2D eigenvalue weighted by Crippen LogP contribution is -2.46. The van der Waals surface area contributed by atoms with Crippen LogP contribution >= 0.6 is 0 Å². The van der Waals surface area contributed by atoms with Gasteiger partial charge in [0, 0.05) is 108 Å². The average molecular weight is 1450 g/mol. The zero-order valence-corrected chi connectivity index (χ0v) is 60.7. The molecular weight excluding hydrogens is 1360 g/mol. The number of nitrogens with zero attached hydrogens (tertiary/aromatic N) is 8. The molecule has 2 amide bonds. The van der Waals surface area contributed by atoms with E-state index in [9.17, 15) is 25.6 Å². The van der Waals surface area contributed by atoms with E-state index >= 15 is 4.79 Å². The Morgan fingerprint density at radius 3 is 1.51 bits per heavy atom. The SMILES string of the molecule is CCO[Si](CCCNC(=O)N(c1ccc(/N=N/c2ccccc2)cc1)c1cc(/N=N/c2cc(S(=O)(=O)NCCC[Si](OCC)(OCC)OCC)c3cccc(S(=O)(=O)NCCC[Si](OCC)(OCC)OCC)c3c2)ccc1Nc1nc(N)nc(OCC(O)(F)F)n1)(OCC)OCC. The van der Waals surface area contributed by atoms with E-state index in [0.717, 1.165) is 0 Å². The van der Waals surface area contributed by atoms with Crippen LogP contribution in [0.4, 0.5) is 65.3 Å². The number of rotatable bonds is 45. The van der Waals surface area contributed by atoms with Crippen LogP contribution in [0.25, 0.3) is 10.8 Å². The van der Waals surface area contributed by atoms with Crippen LogP contribution in [0.3, 0.4) is 0 Å². The summed E-state index contributed by atoms with van der Waals surface area (Å²) in [6, 6.07) is 26.3. The minimum absolute atomic E-state index is 0.0230. The first-order valence-electron chi connectivity index (χ1n) is 32.0. The fourth-order valence-electron chi connectivity index (χ4n) is 9.98. The molecule has 0 unspecified atom stereocenters. The highest BCUT2D eigenvalue weighted by Gasteiger charge is 2.42. The minimum Gasteiger partial charge on any atom is -0.454 e. The summed E-state index contributed by atoms with van der Waals surface area (Å²) in [7, 11) is -18.5. The number of nitrogens with one attached hydrogen (secondary N) is 4. The van der Waals surface area contributed by atoms with Gasteiger partial charge < -0.3 is 66.0 Å². The van der Waals surface area contributed by atoms with Crippen LogP contribution in [0.15, 0.2) is 133 Å². The van der Waals surface area contributed by atoms with Gasteiger partial charge in [-0.3, -0.25) is 4.90 Å². The second-order valence-electron chi connectivity index (χ2n) is 20.7. The number of aromatic nitrogens is 3. The van der Waals surface area contributed by atoms with Crippen molar-refractivity contribution in [1.29, 1.82) is 0 Å². The second-order valence-corrected chi connectivity index (χ2v) is 32.4. The maximum atomic E-state index is 15.1. The van der Waals surface area contributed by atoms with Crippen LogP contribution in [0.1, 0.15) is 81.6 Å². The molecule has 0 saturated carbocycles. The monoisotopic (exact) mass is 1450 g/mol. The second kappa shape index (κ2) is 38.5. The van der Waals surface area contributed by atoms with Crippen molar-refractivity contribution in [2.45, 2.75) is 116 Å². The van der Waals surface area contributed by atoms with Crippen molar-refractivity contribution in [1.82, 2.24) is 29.7 Å². The van der Waals surface area contributed by atoms with Gasteiger partial charge in [0.2, 0.25) is 31.9 Å².